The van der Waals surface area contributed by atoms with Crippen LogP contribution in [0.15, 0.2) is 24.3 Å². The molecule has 1 heterocycles. The molecule has 1 aromatic rings. The summed E-state index contributed by atoms with van der Waals surface area (Å²) in [6.45, 7) is 3.93. The van der Waals surface area contributed by atoms with Crippen molar-refractivity contribution in [2.75, 3.05) is 43.4 Å². The summed E-state index contributed by atoms with van der Waals surface area (Å²) in [5.74, 6) is -0.190. The first-order valence-electron chi connectivity index (χ1n) is 6.91. The maximum absolute atomic E-state index is 10.7. The molecule has 0 unspecified atom stereocenters. The second kappa shape index (κ2) is 6.89. The zero-order valence-corrected chi connectivity index (χ0v) is 12.6. The molecular formula is C14H19N3O3S. The van der Waals surface area contributed by atoms with Crippen LogP contribution in [0.5, 0.6) is 0 Å². The van der Waals surface area contributed by atoms with Crippen molar-refractivity contribution in [1.29, 1.82) is 5.26 Å². The molecule has 1 aliphatic rings. The third-order valence-electron chi connectivity index (χ3n) is 3.61. The Balaban J connectivity index is 1.85. The highest BCUT2D eigenvalue weighted by Gasteiger charge is 2.19. The Bertz CT molecular complexity index is 617. The summed E-state index contributed by atoms with van der Waals surface area (Å²) in [6, 6.07) is 9.75. The molecule has 0 amide bonds. The monoisotopic (exact) mass is 309 g/mol. The Morgan fingerprint density at radius 2 is 1.86 bits per heavy atom. The van der Waals surface area contributed by atoms with Gasteiger partial charge >= 0.3 is 0 Å². The van der Waals surface area contributed by atoms with Gasteiger partial charge in [-0.15, -0.1) is 0 Å². The predicted molar refractivity (Wildman–Crippen MR) is 80.8 cm³/mol. The third-order valence-corrected chi connectivity index (χ3v) is 4.42. The smallest absolute Gasteiger partial charge is 0.264 e. The van der Waals surface area contributed by atoms with Gasteiger partial charge in [0.1, 0.15) is 6.07 Å². The number of anilines is 1. The third kappa shape index (κ3) is 4.70. The van der Waals surface area contributed by atoms with E-state index >= 15 is 0 Å². The molecule has 0 saturated carbocycles. The van der Waals surface area contributed by atoms with Crippen molar-refractivity contribution >= 4 is 15.8 Å². The molecule has 6 nitrogen and oxygen atoms in total. The van der Waals surface area contributed by atoms with Crippen molar-refractivity contribution < 1.29 is 13.0 Å². The lowest BCUT2D eigenvalue weighted by molar-refractivity contribution is 0.258. The van der Waals surface area contributed by atoms with Crippen molar-refractivity contribution in [3.05, 3.63) is 29.8 Å². The van der Waals surface area contributed by atoms with Gasteiger partial charge in [0.25, 0.3) is 10.1 Å². The van der Waals surface area contributed by atoms with Crippen LogP contribution < -0.4 is 4.90 Å². The lowest BCUT2D eigenvalue weighted by Crippen LogP contribution is -2.47. The van der Waals surface area contributed by atoms with Gasteiger partial charge in [0.2, 0.25) is 0 Å². The number of hydrogen-bond donors (Lipinski definition) is 1. The van der Waals surface area contributed by atoms with Crippen LogP contribution >= 0.6 is 0 Å². The lowest BCUT2D eigenvalue weighted by atomic mass is 10.1. The minimum atomic E-state index is -3.86. The molecule has 114 valence electrons. The normalized spacial score (nSPS) is 16.7. The topological polar surface area (TPSA) is 84.6 Å². The van der Waals surface area contributed by atoms with E-state index in [2.05, 4.69) is 15.9 Å². The first kappa shape index (κ1) is 15.8. The van der Waals surface area contributed by atoms with E-state index in [-0.39, 0.29) is 5.75 Å². The number of nitrogens with zero attached hydrogens (tertiary/aromatic N) is 3. The molecule has 7 heteroatoms. The first-order chi connectivity index (χ1) is 9.99. The van der Waals surface area contributed by atoms with Crippen molar-refractivity contribution in [2.24, 2.45) is 0 Å². The molecule has 1 fully saturated rings. The van der Waals surface area contributed by atoms with Gasteiger partial charge in [-0.25, -0.2) is 0 Å². The van der Waals surface area contributed by atoms with Crippen LogP contribution in [-0.4, -0.2) is 56.3 Å². The number of hydrogen-bond acceptors (Lipinski definition) is 5. The average molecular weight is 309 g/mol. The first-order valence-corrected chi connectivity index (χ1v) is 8.52. The van der Waals surface area contributed by atoms with Crippen LogP contribution in [0, 0.1) is 11.3 Å². The second-order valence-electron chi connectivity index (χ2n) is 5.10. The molecule has 0 atom stereocenters. The molecule has 0 bridgehead atoms. The molecule has 1 N–H and O–H groups in total. The molecule has 0 aromatic heterocycles. The van der Waals surface area contributed by atoms with Gasteiger partial charge in [-0.3, -0.25) is 9.45 Å². The van der Waals surface area contributed by atoms with Gasteiger partial charge in [-0.2, -0.15) is 13.7 Å². The van der Waals surface area contributed by atoms with Gasteiger partial charge in [-0.1, -0.05) is 12.1 Å². The molecule has 0 aliphatic carbocycles. The molecule has 1 saturated heterocycles. The van der Waals surface area contributed by atoms with Gasteiger partial charge < -0.3 is 4.90 Å². The fourth-order valence-corrected chi connectivity index (χ4v) is 3.02. The van der Waals surface area contributed by atoms with Gasteiger partial charge in [0.05, 0.1) is 17.0 Å². The number of rotatable bonds is 5. The van der Waals surface area contributed by atoms with E-state index in [1.54, 1.807) is 0 Å². The average Bonchev–Trinajstić information content (AvgIpc) is 2.47. The minimum absolute atomic E-state index is 0.190. The highest BCUT2D eigenvalue weighted by molar-refractivity contribution is 7.85. The minimum Gasteiger partial charge on any atom is -0.368 e. The SMILES string of the molecule is N#Cc1ccccc1N1CCN(CCCS(=O)(=O)O)CC1. The molecule has 1 aromatic carbocycles. The summed E-state index contributed by atoms with van der Waals surface area (Å²) < 4.78 is 30.1. The standard InChI is InChI=1S/C14H19N3O3S/c15-12-13-4-1-2-5-14(13)17-9-7-16(8-10-17)6-3-11-21(18,19)20/h1-2,4-5H,3,6-11H2,(H,18,19,20). The van der Waals surface area contributed by atoms with Gasteiger partial charge in [0.15, 0.2) is 0 Å². The highest BCUT2D eigenvalue weighted by atomic mass is 32.2. The maximum atomic E-state index is 10.7. The Labute approximate surface area is 125 Å². The Morgan fingerprint density at radius 1 is 1.19 bits per heavy atom. The molecular weight excluding hydrogens is 290 g/mol. The van der Waals surface area contributed by atoms with Crippen molar-refractivity contribution in [3.8, 4) is 6.07 Å². The van der Waals surface area contributed by atoms with E-state index in [9.17, 15) is 8.42 Å². The van der Waals surface area contributed by atoms with Crippen molar-refractivity contribution in [2.45, 2.75) is 6.42 Å². The largest absolute Gasteiger partial charge is 0.368 e. The lowest BCUT2D eigenvalue weighted by Gasteiger charge is -2.36. The predicted octanol–water partition coefficient (Wildman–Crippen LogP) is 0.958. The van der Waals surface area contributed by atoms with Crippen LogP contribution in [0.3, 0.4) is 0 Å². The number of nitriles is 1. The van der Waals surface area contributed by atoms with E-state index < -0.39 is 10.1 Å². The molecule has 21 heavy (non-hydrogen) atoms. The van der Waals surface area contributed by atoms with E-state index in [4.69, 9.17) is 9.81 Å². The van der Waals surface area contributed by atoms with E-state index in [0.717, 1.165) is 31.9 Å². The van der Waals surface area contributed by atoms with E-state index in [0.29, 0.717) is 18.5 Å². The van der Waals surface area contributed by atoms with E-state index in [1.807, 2.05) is 24.3 Å². The van der Waals surface area contributed by atoms with Crippen molar-refractivity contribution in [1.82, 2.24) is 4.90 Å². The highest BCUT2D eigenvalue weighted by Crippen LogP contribution is 2.20. The number of benzene rings is 1. The van der Waals surface area contributed by atoms with Gasteiger partial charge in [-0.05, 0) is 25.1 Å². The maximum Gasteiger partial charge on any atom is 0.264 e. The van der Waals surface area contributed by atoms with Crippen LogP contribution in [0.25, 0.3) is 0 Å². The Kier molecular flexibility index (Phi) is 5.17. The fourth-order valence-electron chi connectivity index (χ4n) is 2.53. The summed E-state index contributed by atoms with van der Waals surface area (Å²) in [6.07, 6.45) is 0.438. The fraction of sp³-hybridized carbons (Fsp3) is 0.500. The Hall–Kier alpha value is -1.62. The van der Waals surface area contributed by atoms with Crippen LogP contribution in [0.2, 0.25) is 0 Å². The zero-order valence-electron chi connectivity index (χ0n) is 11.8. The second-order valence-corrected chi connectivity index (χ2v) is 6.67. The quantitative estimate of drug-likeness (QED) is 0.816. The van der Waals surface area contributed by atoms with Gasteiger partial charge in [0, 0.05) is 26.2 Å². The number of piperazine rings is 1. The van der Waals surface area contributed by atoms with Crippen LogP contribution in [0.1, 0.15) is 12.0 Å². The van der Waals surface area contributed by atoms with Crippen LogP contribution in [0.4, 0.5) is 5.69 Å². The Morgan fingerprint density at radius 3 is 2.48 bits per heavy atom. The summed E-state index contributed by atoms with van der Waals surface area (Å²) >= 11 is 0. The molecule has 0 spiro atoms. The van der Waals surface area contributed by atoms with E-state index in [1.165, 1.54) is 0 Å². The van der Waals surface area contributed by atoms with Crippen LogP contribution in [-0.2, 0) is 10.1 Å². The summed E-state index contributed by atoms with van der Waals surface area (Å²) in [7, 11) is -3.86. The molecule has 1 aliphatic heterocycles. The summed E-state index contributed by atoms with van der Waals surface area (Å²) in [4.78, 5) is 4.36. The van der Waals surface area contributed by atoms with Crippen molar-refractivity contribution in [3.63, 3.8) is 0 Å². The number of para-hydroxylation sites is 1. The summed E-state index contributed by atoms with van der Waals surface area (Å²) in [5.41, 5.74) is 1.63. The summed E-state index contributed by atoms with van der Waals surface area (Å²) in [5, 5.41) is 9.13. The molecule has 0 radical (unpaired) electrons. The zero-order chi connectivity index (χ0) is 15.3. The molecule has 2 rings (SSSR count).